The Kier molecular flexibility index (Phi) is 5.35. The zero-order valence-corrected chi connectivity index (χ0v) is 15.1. The number of carbonyl (C=O) groups is 1. The summed E-state index contributed by atoms with van der Waals surface area (Å²) in [5.41, 5.74) is -0.931. The van der Waals surface area contributed by atoms with Crippen LogP contribution in [0.15, 0.2) is 53.3 Å². The van der Waals surface area contributed by atoms with Crippen LogP contribution in [0.25, 0.3) is 5.69 Å². The number of aromatic hydroxyl groups is 1. The number of hydrogen-bond acceptors (Lipinski definition) is 6. The summed E-state index contributed by atoms with van der Waals surface area (Å²) >= 11 is 0. The van der Waals surface area contributed by atoms with Gasteiger partial charge >= 0.3 is 0 Å². The zero-order chi connectivity index (χ0) is 21.1. The lowest BCUT2D eigenvalue weighted by molar-refractivity contribution is -0.384. The van der Waals surface area contributed by atoms with E-state index in [1.807, 2.05) is 0 Å². The topological polar surface area (TPSA) is 127 Å². The fourth-order valence-corrected chi connectivity index (χ4v) is 2.66. The molecule has 0 atom stereocenters. The number of carbonyl (C=O) groups excluding carboxylic acids is 1. The van der Waals surface area contributed by atoms with Gasteiger partial charge in [0.05, 0.1) is 4.92 Å². The highest BCUT2D eigenvalue weighted by Gasteiger charge is 2.18. The van der Waals surface area contributed by atoms with E-state index in [0.29, 0.717) is 5.69 Å². The fraction of sp³-hybridized carbons (Fsp3) is 0.105. The van der Waals surface area contributed by atoms with Gasteiger partial charge in [-0.3, -0.25) is 19.7 Å². The molecule has 2 N–H and O–H groups in total. The molecule has 3 aromatic rings. The molecular weight excluding hydrogens is 383 g/mol. The first-order valence-electron chi connectivity index (χ1n) is 8.38. The molecule has 0 bridgehead atoms. The molecule has 0 aliphatic rings. The lowest BCUT2D eigenvalue weighted by Crippen LogP contribution is -2.31. The quantitative estimate of drug-likeness (QED) is 0.501. The van der Waals surface area contributed by atoms with Crippen LogP contribution >= 0.6 is 0 Å². The second-order valence-electron chi connectivity index (χ2n) is 6.11. The Morgan fingerprint density at radius 1 is 1.28 bits per heavy atom. The van der Waals surface area contributed by atoms with Crippen molar-refractivity contribution in [3.05, 3.63) is 91.6 Å². The van der Waals surface area contributed by atoms with Crippen LogP contribution in [0.3, 0.4) is 0 Å². The van der Waals surface area contributed by atoms with Crippen LogP contribution in [0.4, 0.5) is 10.1 Å². The number of aromatic nitrogens is 2. The minimum Gasteiger partial charge on any atom is -0.508 e. The molecule has 0 saturated heterocycles. The summed E-state index contributed by atoms with van der Waals surface area (Å²) in [5.74, 6) is -1.71. The first-order chi connectivity index (χ1) is 13.8. The SMILES string of the molecule is Cc1cc(=O)c(C(=O)NCc2cc([N+](=O)[O-])ccc2O)nn1-c1ccccc1F. The van der Waals surface area contributed by atoms with Gasteiger partial charge in [0.1, 0.15) is 17.3 Å². The molecule has 2 aromatic carbocycles. The summed E-state index contributed by atoms with van der Waals surface area (Å²) in [6, 6.07) is 10.3. The molecule has 148 valence electrons. The van der Waals surface area contributed by atoms with Crippen LogP contribution in [0.1, 0.15) is 21.7 Å². The first-order valence-corrected chi connectivity index (χ1v) is 8.38. The summed E-state index contributed by atoms with van der Waals surface area (Å²) in [4.78, 5) is 34.9. The summed E-state index contributed by atoms with van der Waals surface area (Å²) in [5, 5.41) is 27.0. The minimum absolute atomic E-state index is 0.0652. The Morgan fingerprint density at radius 2 is 2.00 bits per heavy atom. The summed E-state index contributed by atoms with van der Waals surface area (Å²) in [6.45, 7) is 1.27. The normalized spacial score (nSPS) is 10.6. The molecule has 1 heterocycles. The highest BCUT2D eigenvalue weighted by Crippen LogP contribution is 2.22. The number of benzene rings is 2. The minimum atomic E-state index is -0.869. The van der Waals surface area contributed by atoms with Crippen molar-refractivity contribution in [2.75, 3.05) is 0 Å². The van der Waals surface area contributed by atoms with Crippen molar-refractivity contribution in [1.29, 1.82) is 0 Å². The molecule has 0 fully saturated rings. The number of nitro groups is 1. The summed E-state index contributed by atoms with van der Waals surface area (Å²) in [6.07, 6.45) is 0. The predicted octanol–water partition coefficient (Wildman–Crippen LogP) is 2.22. The Hall–Kier alpha value is -4.08. The number of non-ortho nitro benzene ring substituents is 1. The maximum atomic E-state index is 14.1. The number of amides is 1. The van der Waals surface area contributed by atoms with Crippen LogP contribution in [0.2, 0.25) is 0 Å². The number of para-hydroxylation sites is 1. The maximum absolute atomic E-state index is 14.1. The highest BCUT2D eigenvalue weighted by molar-refractivity contribution is 5.92. The fourth-order valence-electron chi connectivity index (χ4n) is 2.66. The number of nitrogens with zero attached hydrogens (tertiary/aromatic N) is 3. The molecular formula is C19H15FN4O5. The highest BCUT2D eigenvalue weighted by atomic mass is 19.1. The molecule has 3 rings (SSSR count). The van der Waals surface area contributed by atoms with Gasteiger partial charge in [-0.05, 0) is 25.1 Å². The van der Waals surface area contributed by atoms with Crippen LogP contribution in [-0.2, 0) is 6.54 Å². The van der Waals surface area contributed by atoms with Gasteiger partial charge in [0.25, 0.3) is 11.6 Å². The number of hydrogen-bond donors (Lipinski definition) is 2. The van der Waals surface area contributed by atoms with Crippen molar-refractivity contribution in [1.82, 2.24) is 15.1 Å². The van der Waals surface area contributed by atoms with Gasteiger partial charge in [-0.1, -0.05) is 12.1 Å². The van der Waals surface area contributed by atoms with Gasteiger partial charge in [0.2, 0.25) is 5.43 Å². The lowest BCUT2D eigenvalue weighted by Gasteiger charge is -2.12. The van der Waals surface area contributed by atoms with E-state index in [4.69, 9.17) is 0 Å². The monoisotopic (exact) mass is 398 g/mol. The van der Waals surface area contributed by atoms with Crippen molar-refractivity contribution in [2.45, 2.75) is 13.5 Å². The zero-order valence-electron chi connectivity index (χ0n) is 15.1. The molecule has 29 heavy (non-hydrogen) atoms. The van der Waals surface area contributed by atoms with Gasteiger partial charge in [-0.25, -0.2) is 9.07 Å². The Balaban J connectivity index is 1.90. The molecule has 0 aliphatic carbocycles. The van der Waals surface area contributed by atoms with E-state index < -0.39 is 27.8 Å². The Labute approximate surface area is 163 Å². The van der Waals surface area contributed by atoms with Gasteiger partial charge in [0.15, 0.2) is 5.69 Å². The largest absolute Gasteiger partial charge is 0.508 e. The second kappa shape index (κ2) is 7.89. The van der Waals surface area contributed by atoms with E-state index in [1.54, 1.807) is 13.0 Å². The van der Waals surface area contributed by atoms with Gasteiger partial charge < -0.3 is 10.4 Å². The maximum Gasteiger partial charge on any atom is 0.276 e. The van der Waals surface area contributed by atoms with Crippen LogP contribution in [-0.4, -0.2) is 25.7 Å². The Morgan fingerprint density at radius 3 is 2.69 bits per heavy atom. The standard InChI is InChI=1S/C19H15FN4O5/c1-11-8-17(26)18(22-23(11)15-5-3-2-4-14(15)20)19(27)21-10-12-9-13(24(28)29)6-7-16(12)25/h2-9,25H,10H2,1H3,(H,21,27). The lowest BCUT2D eigenvalue weighted by atomic mass is 10.1. The third-order valence-electron chi connectivity index (χ3n) is 4.12. The third-order valence-corrected chi connectivity index (χ3v) is 4.12. The smallest absolute Gasteiger partial charge is 0.276 e. The van der Waals surface area contributed by atoms with Crippen molar-refractivity contribution in [2.24, 2.45) is 0 Å². The molecule has 0 aliphatic heterocycles. The first kappa shape index (κ1) is 19.7. The molecule has 0 spiro atoms. The van der Waals surface area contributed by atoms with Crippen LogP contribution in [0, 0.1) is 22.9 Å². The van der Waals surface area contributed by atoms with Crippen molar-refractivity contribution < 1.29 is 19.2 Å². The van der Waals surface area contributed by atoms with Crippen LogP contribution in [0.5, 0.6) is 5.75 Å². The second-order valence-corrected chi connectivity index (χ2v) is 6.11. The number of aryl methyl sites for hydroxylation is 1. The molecule has 9 nitrogen and oxygen atoms in total. The molecule has 0 saturated carbocycles. The van der Waals surface area contributed by atoms with E-state index in [0.717, 1.165) is 28.9 Å². The molecule has 0 unspecified atom stereocenters. The number of rotatable bonds is 5. The van der Waals surface area contributed by atoms with E-state index >= 15 is 0 Å². The summed E-state index contributed by atoms with van der Waals surface area (Å²) in [7, 11) is 0. The Bertz CT molecular complexity index is 1180. The van der Waals surface area contributed by atoms with Gasteiger partial charge in [0, 0.05) is 36.0 Å². The van der Waals surface area contributed by atoms with Crippen molar-refractivity contribution in [3.63, 3.8) is 0 Å². The number of halogens is 1. The molecule has 10 heteroatoms. The average molecular weight is 398 g/mol. The van der Waals surface area contributed by atoms with E-state index in [9.17, 15) is 29.2 Å². The number of nitrogens with one attached hydrogen (secondary N) is 1. The van der Waals surface area contributed by atoms with Gasteiger partial charge in [-0.15, -0.1) is 0 Å². The molecule has 0 radical (unpaired) electrons. The van der Waals surface area contributed by atoms with E-state index in [1.165, 1.54) is 18.2 Å². The molecule has 1 amide bonds. The van der Waals surface area contributed by atoms with E-state index in [2.05, 4.69) is 10.4 Å². The van der Waals surface area contributed by atoms with E-state index in [-0.39, 0.29) is 29.2 Å². The average Bonchev–Trinajstić information content (AvgIpc) is 2.68. The predicted molar refractivity (Wildman–Crippen MR) is 100 cm³/mol. The third kappa shape index (κ3) is 4.10. The number of phenolic OH excluding ortho intramolecular Hbond substituents is 1. The van der Waals surface area contributed by atoms with Crippen molar-refractivity contribution in [3.8, 4) is 11.4 Å². The summed E-state index contributed by atoms with van der Waals surface area (Å²) < 4.78 is 15.2. The van der Waals surface area contributed by atoms with Crippen LogP contribution < -0.4 is 10.7 Å². The van der Waals surface area contributed by atoms with Crippen molar-refractivity contribution >= 4 is 11.6 Å². The van der Waals surface area contributed by atoms with Gasteiger partial charge in [-0.2, -0.15) is 5.10 Å². The molecule has 1 aromatic heterocycles. The number of phenols is 1. The number of nitro benzene ring substituents is 1.